The van der Waals surface area contributed by atoms with Crippen LogP contribution in [0.4, 0.5) is 0 Å². The first-order valence-electron chi connectivity index (χ1n) is 4.55. The molecule has 0 aliphatic carbocycles. The molecular formula is C10H14BrN3S. The summed E-state index contributed by atoms with van der Waals surface area (Å²) in [5.74, 6) is 0.151. The summed E-state index contributed by atoms with van der Waals surface area (Å²) in [5.41, 5.74) is 10.5. The van der Waals surface area contributed by atoms with Crippen LogP contribution in [0.1, 0.15) is 6.92 Å². The predicted octanol–water partition coefficient (Wildman–Crippen LogP) is 2.20. The fourth-order valence-electron chi connectivity index (χ4n) is 1.02. The molecule has 0 aliphatic rings. The van der Waals surface area contributed by atoms with Crippen LogP contribution < -0.4 is 11.5 Å². The van der Waals surface area contributed by atoms with Crippen molar-refractivity contribution in [1.29, 1.82) is 0 Å². The summed E-state index contributed by atoms with van der Waals surface area (Å²) in [4.78, 5) is 5.20. The molecule has 0 radical (unpaired) electrons. The third kappa shape index (κ3) is 5.09. The van der Waals surface area contributed by atoms with Gasteiger partial charge in [0.25, 0.3) is 0 Å². The monoisotopic (exact) mass is 287 g/mol. The van der Waals surface area contributed by atoms with Crippen molar-refractivity contribution in [3.05, 3.63) is 28.7 Å². The highest BCUT2D eigenvalue weighted by Gasteiger charge is 2.03. The van der Waals surface area contributed by atoms with Gasteiger partial charge in [0.1, 0.15) is 0 Å². The van der Waals surface area contributed by atoms with Crippen LogP contribution in [0.15, 0.2) is 38.6 Å². The maximum absolute atomic E-state index is 5.27. The van der Waals surface area contributed by atoms with E-state index in [0.717, 1.165) is 4.47 Å². The molecule has 4 N–H and O–H groups in total. The Balaban J connectivity index is 2.47. The fraction of sp³-hybridized carbons (Fsp3) is 0.300. The largest absolute Gasteiger partial charge is 0.370 e. The first-order valence-corrected chi connectivity index (χ1v) is 6.23. The Kier molecular flexibility index (Phi) is 4.98. The Morgan fingerprint density at radius 3 is 2.53 bits per heavy atom. The molecule has 0 fully saturated rings. The number of nitrogens with zero attached hydrogens (tertiary/aromatic N) is 1. The fourth-order valence-corrected chi connectivity index (χ4v) is 2.19. The van der Waals surface area contributed by atoms with E-state index in [4.69, 9.17) is 11.5 Å². The lowest BCUT2D eigenvalue weighted by Crippen LogP contribution is -2.24. The molecule has 0 amide bonds. The number of hydrogen-bond acceptors (Lipinski definition) is 2. The van der Waals surface area contributed by atoms with Crippen LogP contribution in [0.2, 0.25) is 0 Å². The van der Waals surface area contributed by atoms with Crippen molar-refractivity contribution in [2.45, 2.75) is 17.1 Å². The predicted molar refractivity (Wildman–Crippen MR) is 70.1 cm³/mol. The van der Waals surface area contributed by atoms with E-state index >= 15 is 0 Å². The van der Waals surface area contributed by atoms with Crippen molar-refractivity contribution in [3.63, 3.8) is 0 Å². The molecule has 1 aromatic rings. The third-order valence-electron chi connectivity index (χ3n) is 1.68. The second-order valence-electron chi connectivity index (χ2n) is 3.15. The third-order valence-corrected chi connectivity index (χ3v) is 3.31. The minimum Gasteiger partial charge on any atom is -0.370 e. The summed E-state index contributed by atoms with van der Waals surface area (Å²) < 4.78 is 1.09. The first kappa shape index (κ1) is 12.4. The molecule has 82 valence electrons. The highest BCUT2D eigenvalue weighted by Crippen LogP contribution is 2.24. The molecule has 1 rings (SSSR count). The number of thioether (sulfide) groups is 1. The van der Waals surface area contributed by atoms with Crippen molar-refractivity contribution in [2.24, 2.45) is 16.5 Å². The quantitative estimate of drug-likeness (QED) is 0.507. The van der Waals surface area contributed by atoms with E-state index in [1.54, 1.807) is 11.8 Å². The van der Waals surface area contributed by atoms with Crippen LogP contribution in [-0.2, 0) is 0 Å². The van der Waals surface area contributed by atoms with Gasteiger partial charge in [-0.25, -0.2) is 0 Å². The normalized spacial score (nSPS) is 12.1. The van der Waals surface area contributed by atoms with Crippen molar-refractivity contribution in [3.8, 4) is 0 Å². The summed E-state index contributed by atoms with van der Waals surface area (Å²) in [6, 6.07) is 8.19. The second kappa shape index (κ2) is 6.02. The summed E-state index contributed by atoms with van der Waals surface area (Å²) in [7, 11) is 0. The van der Waals surface area contributed by atoms with E-state index in [-0.39, 0.29) is 5.96 Å². The van der Waals surface area contributed by atoms with E-state index in [9.17, 15) is 0 Å². The van der Waals surface area contributed by atoms with Gasteiger partial charge in [0.15, 0.2) is 5.96 Å². The van der Waals surface area contributed by atoms with Crippen LogP contribution in [0.5, 0.6) is 0 Å². The van der Waals surface area contributed by atoms with Crippen molar-refractivity contribution >= 4 is 33.7 Å². The van der Waals surface area contributed by atoms with E-state index in [2.05, 4.69) is 40.0 Å². The van der Waals surface area contributed by atoms with Gasteiger partial charge in [-0.05, 0) is 24.3 Å². The van der Waals surface area contributed by atoms with Gasteiger partial charge >= 0.3 is 0 Å². The van der Waals surface area contributed by atoms with Gasteiger partial charge in [-0.3, -0.25) is 4.99 Å². The summed E-state index contributed by atoms with van der Waals surface area (Å²) in [6.45, 7) is 2.74. The van der Waals surface area contributed by atoms with Crippen molar-refractivity contribution in [1.82, 2.24) is 0 Å². The highest BCUT2D eigenvalue weighted by atomic mass is 79.9. The Morgan fingerprint density at radius 2 is 2.00 bits per heavy atom. The Bertz CT molecular complexity index is 333. The topological polar surface area (TPSA) is 64.4 Å². The lowest BCUT2D eigenvalue weighted by Gasteiger charge is -2.08. The number of aliphatic imine (C=N–C) groups is 1. The standard InChI is InChI=1S/C10H14BrN3S/c1-7(6-14-10(12)13)15-9-4-2-8(11)3-5-9/h2-5,7H,6H2,1H3,(H4,12,13,14)/t7-/m0/s1. The molecule has 0 saturated carbocycles. The maximum Gasteiger partial charge on any atom is 0.185 e. The van der Waals surface area contributed by atoms with Crippen LogP contribution in [-0.4, -0.2) is 17.8 Å². The average molecular weight is 288 g/mol. The molecule has 0 heterocycles. The number of benzene rings is 1. The van der Waals surface area contributed by atoms with E-state index in [1.165, 1.54) is 4.90 Å². The van der Waals surface area contributed by atoms with Crippen molar-refractivity contribution < 1.29 is 0 Å². The Labute approximate surface area is 102 Å². The smallest absolute Gasteiger partial charge is 0.185 e. The second-order valence-corrected chi connectivity index (χ2v) is 5.58. The van der Waals surface area contributed by atoms with Gasteiger partial charge in [0.2, 0.25) is 0 Å². The number of nitrogens with two attached hydrogens (primary N) is 2. The van der Waals surface area contributed by atoms with E-state index in [1.807, 2.05) is 12.1 Å². The molecule has 1 aromatic carbocycles. The summed E-state index contributed by atoms with van der Waals surface area (Å²) in [5, 5.41) is 0.369. The molecular weight excluding hydrogens is 274 g/mol. The summed E-state index contributed by atoms with van der Waals surface area (Å²) >= 11 is 5.15. The molecule has 15 heavy (non-hydrogen) atoms. The van der Waals surface area contributed by atoms with E-state index in [0.29, 0.717) is 11.8 Å². The van der Waals surface area contributed by atoms with Gasteiger partial charge in [-0.15, -0.1) is 11.8 Å². The first-order chi connectivity index (χ1) is 7.08. The number of guanidine groups is 1. The molecule has 0 saturated heterocycles. The lowest BCUT2D eigenvalue weighted by molar-refractivity contribution is 0.945. The SMILES string of the molecule is C[C@@H](CN=C(N)N)Sc1ccc(Br)cc1. The Hall–Kier alpha value is -0.680. The van der Waals surface area contributed by atoms with Crippen LogP contribution in [0.25, 0.3) is 0 Å². The van der Waals surface area contributed by atoms with Crippen molar-refractivity contribution in [2.75, 3.05) is 6.54 Å². The van der Waals surface area contributed by atoms with Gasteiger partial charge in [0, 0.05) is 14.6 Å². The molecule has 1 atom stereocenters. The molecule has 0 aromatic heterocycles. The lowest BCUT2D eigenvalue weighted by atomic mass is 10.4. The maximum atomic E-state index is 5.27. The van der Waals surface area contributed by atoms with Gasteiger partial charge in [0.05, 0.1) is 6.54 Å². The van der Waals surface area contributed by atoms with Crippen LogP contribution in [0.3, 0.4) is 0 Å². The van der Waals surface area contributed by atoms with Crippen LogP contribution in [0, 0.1) is 0 Å². The van der Waals surface area contributed by atoms with Gasteiger partial charge in [-0.1, -0.05) is 22.9 Å². The molecule has 0 spiro atoms. The zero-order valence-electron chi connectivity index (χ0n) is 8.48. The molecule has 0 aliphatic heterocycles. The number of halogens is 1. The highest BCUT2D eigenvalue weighted by molar-refractivity contribution is 9.10. The van der Waals surface area contributed by atoms with Gasteiger partial charge in [-0.2, -0.15) is 0 Å². The molecule has 0 bridgehead atoms. The number of hydrogen-bond donors (Lipinski definition) is 2. The average Bonchev–Trinajstić information content (AvgIpc) is 2.19. The summed E-state index contributed by atoms with van der Waals surface area (Å²) in [6.07, 6.45) is 0. The minimum atomic E-state index is 0.151. The molecule has 5 heteroatoms. The number of rotatable bonds is 4. The van der Waals surface area contributed by atoms with Crippen LogP contribution >= 0.6 is 27.7 Å². The Morgan fingerprint density at radius 1 is 1.40 bits per heavy atom. The molecule has 3 nitrogen and oxygen atoms in total. The zero-order valence-corrected chi connectivity index (χ0v) is 10.9. The van der Waals surface area contributed by atoms with Gasteiger partial charge < -0.3 is 11.5 Å². The van der Waals surface area contributed by atoms with E-state index < -0.39 is 0 Å². The molecule has 0 unspecified atom stereocenters. The minimum absolute atomic E-state index is 0.151. The zero-order chi connectivity index (χ0) is 11.3.